The average molecular weight is 188 g/mol. The zero-order valence-electron chi connectivity index (χ0n) is 7.81. The molecule has 1 aliphatic rings. The molecule has 1 aliphatic heterocycles. The van der Waals surface area contributed by atoms with Crippen LogP contribution in [-0.4, -0.2) is 17.7 Å². The van der Waals surface area contributed by atoms with E-state index >= 15 is 0 Å². The molecule has 3 nitrogen and oxygen atoms in total. The molecule has 1 atom stereocenters. The fourth-order valence-corrected chi connectivity index (χ4v) is 1.65. The lowest BCUT2D eigenvalue weighted by molar-refractivity contribution is -0.119. The Balaban J connectivity index is 2.22. The highest BCUT2D eigenvalue weighted by atomic mass is 16.1. The third-order valence-corrected chi connectivity index (χ3v) is 2.40. The van der Waals surface area contributed by atoms with Gasteiger partial charge in [0.15, 0.2) is 0 Å². The number of amides is 1. The van der Waals surface area contributed by atoms with E-state index in [1.54, 1.807) is 0 Å². The van der Waals surface area contributed by atoms with Gasteiger partial charge in [0.1, 0.15) is 6.04 Å². The van der Waals surface area contributed by atoms with Crippen LogP contribution >= 0.6 is 0 Å². The van der Waals surface area contributed by atoms with E-state index in [9.17, 15) is 4.79 Å². The molecule has 0 aliphatic carbocycles. The number of hydrogen-bond acceptors (Lipinski definition) is 2. The van der Waals surface area contributed by atoms with Crippen LogP contribution in [0.5, 0.6) is 0 Å². The molecule has 2 rings (SSSR count). The zero-order valence-corrected chi connectivity index (χ0v) is 7.81. The van der Waals surface area contributed by atoms with Crippen molar-refractivity contribution in [3.63, 3.8) is 0 Å². The van der Waals surface area contributed by atoms with Crippen LogP contribution in [0.4, 0.5) is 0 Å². The Labute approximate surface area is 82.6 Å². The number of primary amides is 1. The number of nitrogens with two attached hydrogens (primary N) is 1. The summed E-state index contributed by atoms with van der Waals surface area (Å²) >= 11 is 0. The number of carbonyl (C=O) groups excluding carboxylic acids is 1. The first-order valence-corrected chi connectivity index (χ1v) is 4.69. The van der Waals surface area contributed by atoms with Gasteiger partial charge in [-0.2, -0.15) is 0 Å². The van der Waals surface area contributed by atoms with Gasteiger partial charge in [-0.05, 0) is 18.4 Å². The minimum absolute atomic E-state index is 0.315. The number of aliphatic imine (C=N–C) groups is 1. The van der Waals surface area contributed by atoms with Crippen molar-refractivity contribution in [3.05, 3.63) is 35.9 Å². The Bertz CT molecular complexity index is 370. The second-order valence-corrected chi connectivity index (χ2v) is 3.40. The van der Waals surface area contributed by atoms with Crippen molar-refractivity contribution >= 4 is 11.6 Å². The summed E-state index contributed by atoms with van der Waals surface area (Å²) in [5.74, 6) is -0.323. The van der Waals surface area contributed by atoms with Crippen molar-refractivity contribution in [2.75, 3.05) is 0 Å². The molecule has 1 unspecified atom stereocenters. The van der Waals surface area contributed by atoms with E-state index in [2.05, 4.69) is 4.99 Å². The fraction of sp³-hybridized carbons (Fsp3) is 0.273. The predicted octanol–water partition coefficient (Wildman–Crippen LogP) is 1.12. The van der Waals surface area contributed by atoms with Gasteiger partial charge in [-0.15, -0.1) is 0 Å². The van der Waals surface area contributed by atoms with Crippen LogP contribution < -0.4 is 5.73 Å². The molecule has 0 bridgehead atoms. The molecule has 14 heavy (non-hydrogen) atoms. The van der Waals surface area contributed by atoms with E-state index in [1.807, 2.05) is 30.3 Å². The number of benzene rings is 1. The smallest absolute Gasteiger partial charge is 0.242 e. The van der Waals surface area contributed by atoms with E-state index in [1.165, 1.54) is 0 Å². The molecular formula is C11H12N2O. The quantitative estimate of drug-likeness (QED) is 0.743. The van der Waals surface area contributed by atoms with Gasteiger partial charge in [-0.1, -0.05) is 30.3 Å². The van der Waals surface area contributed by atoms with Crippen LogP contribution in [-0.2, 0) is 4.79 Å². The molecule has 1 aromatic carbocycles. The maximum atomic E-state index is 10.9. The van der Waals surface area contributed by atoms with E-state index in [0.29, 0.717) is 0 Å². The monoisotopic (exact) mass is 188 g/mol. The van der Waals surface area contributed by atoms with E-state index in [0.717, 1.165) is 24.1 Å². The Hall–Kier alpha value is -1.64. The van der Waals surface area contributed by atoms with Gasteiger partial charge in [0.05, 0.1) is 0 Å². The van der Waals surface area contributed by atoms with Gasteiger partial charge in [0.25, 0.3) is 0 Å². The molecule has 2 N–H and O–H groups in total. The normalized spacial score (nSPS) is 20.6. The second kappa shape index (κ2) is 3.62. The number of hydrogen-bond donors (Lipinski definition) is 1. The van der Waals surface area contributed by atoms with Crippen LogP contribution in [0.15, 0.2) is 35.3 Å². The Morgan fingerprint density at radius 3 is 2.64 bits per heavy atom. The van der Waals surface area contributed by atoms with Crippen molar-refractivity contribution in [1.29, 1.82) is 0 Å². The minimum Gasteiger partial charge on any atom is -0.368 e. The summed E-state index contributed by atoms with van der Waals surface area (Å²) in [4.78, 5) is 15.2. The lowest BCUT2D eigenvalue weighted by atomic mass is 10.1. The number of rotatable bonds is 2. The third kappa shape index (κ3) is 1.66. The van der Waals surface area contributed by atoms with Gasteiger partial charge >= 0.3 is 0 Å². The summed E-state index contributed by atoms with van der Waals surface area (Å²) in [5, 5.41) is 0. The topological polar surface area (TPSA) is 55.5 Å². The van der Waals surface area contributed by atoms with Crippen LogP contribution in [0.3, 0.4) is 0 Å². The maximum absolute atomic E-state index is 10.9. The lowest BCUT2D eigenvalue weighted by Gasteiger charge is -1.98. The molecule has 0 saturated carbocycles. The van der Waals surface area contributed by atoms with E-state index in [-0.39, 0.29) is 11.9 Å². The van der Waals surface area contributed by atoms with Gasteiger partial charge in [-0.3, -0.25) is 9.79 Å². The molecule has 0 fully saturated rings. The Morgan fingerprint density at radius 2 is 2.07 bits per heavy atom. The van der Waals surface area contributed by atoms with Crippen molar-refractivity contribution in [1.82, 2.24) is 0 Å². The van der Waals surface area contributed by atoms with E-state index < -0.39 is 0 Å². The average Bonchev–Trinajstić information content (AvgIpc) is 2.68. The standard InChI is InChI=1S/C11H12N2O/c12-11(14)10-7-6-9(13-10)8-4-2-1-3-5-8/h1-5,10H,6-7H2,(H2,12,14). The van der Waals surface area contributed by atoms with Gasteiger partial charge in [0, 0.05) is 5.71 Å². The van der Waals surface area contributed by atoms with Gasteiger partial charge in [0.2, 0.25) is 5.91 Å². The fourth-order valence-electron chi connectivity index (χ4n) is 1.65. The Kier molecular flexibility index (Phi) is 2.31. The van der Waals surface area contributed by atoms with Crippen molar-refractivity contribution < 1.29 is 4.79 Å². The number of carbonyl (C=O) groups is 1. The molecule has 1 heterocycles. The first kappa shape index (κ1) is 8.94. The molecule has 1 amide bonds. The van der Waals surface area contributed by atoms with Crippen molar-refractivity contribution in [2.45, 2.75) is 18.9 Å². The molecule has 0 aromatic heterocycles. The highest BCUT2D eigenvalue weighted by Gasteiger charge is 2.22. The first-order valence-electron chi connectivity index (χ1n) is 4.69. The first-order chi connectivity index (χ1) is 6.77. The second-order valence-electron chi connectivity index (χ2n) is 3.40. The number of nitrogens with zero attached hydrogens (tertiary/aromatic N) is 1. The van der Waals surface area contributed by atoms with Crippen molar-refractivity contribution in [3.8, 4) is 0 Å². The summed E-state index contributed by atoms with van der Waals surface area (Å²) in [6.45, 7) is 0. The predicted molar refractivity (Wildman–Crippen MR) is 55.2 cm³/mol. The van der Waals surface area contributed by atoms with Crippen LogP contribution in [0.1, 0.15) is 18.4 Å². The summed E-state index contributed by atoms with van der Waals surface area (Å²) in [5.41, 5.74) is 7.28. The highest BCUT2D eigenvalue weighted by molar-refractivity contribution is 6.03. The Morgan fingerprint density at radius 1 is 1.36 bits per heavy atom. The molecular weight excluding hydrogens is 176 g/mol. The SMILES string of the molecule is NC(=O)C1CCC(c2ccccc2)=N1. The molecule has 0 radical (unpaired) electrons. The van der Waals surface area contributed by atoms with E-state index in [4.69, 9.17) is 5.73 Å². The molecule has 3 heteroatoms. The van der Waals surface area contributed by atoms with Gasteiger partial charge < -0.3 is 5.73 Å². The maximum Gasteiger partial charge on any atom is 0.242 e. The highest BCUT2D eigenvalue weighted by Crippen LogP contribution is 2.17. The van der Waals surface area contributed by atoms with Crippen molar-refractivity contribution in [2.24, 2.45) is 10.7 Å². The molecule has 1 aromatic rings. The lowest BCUT2D eigenvalue weighted by Crippen LogP contribution is -2.24. The molecule has 72 valence electrons. The van der Waals surface area contributed by atoms with Crippen LogP contribution in [0, 0.1) is 0 Å². The summed E-state index contributed by atoms with van der Waals surface area (Å²) < 4.78 is 0. The minimum atomic E-state index is -0.323. The summed E-state index contributed by atoms with van der Waals surface area (Å²) in [6.07, 6.45) is 1.59. The molecule has 0 spiro atoms. The van der Waals surface area contributed by atoms with Gasteiger partial charge in [-0.25, -0.2) is 0 Å². The van der Waals surface area contributed by atoms with Crippen LogP contribution in [0.25, 0.3) is 0 Å². The molecule has 0 saturated heterocycles. The third-order valence-electron chi connectivity index (χ3n) is 2.40. The largest absolute Gasteiger partial charge is 0.368 e. The zero-order chi connectivity index (χ0) is 9.97. The van der Waals surface area contributed by atoms with Crippen LogP contribution in [0.2, 0.25) is 0 Å². The summed E-state index contributed by atoms with van der Waals surface area (Å²) in [6, 6.07) is 9.59. The summed E-state index contributed by atoms with van der Waals surface area (Å²) in [7, 11) is 0.